The van der Waals surface area contributed by atoms with Gasteiger partial charge in [0.15, 0.2) is 0 Å². The van der Waals surface area contributed by atoms with Crippen LogP contribution in [-0.2, 0) is 0 Å². The van der Waals surface area contributed by atoms with Gasteiger partial charge in [0.1, 0.15) is 5.69 Å². The maximum atomic E-state index is 12.8. The van der Waals surface area contributed by atoms with Crippen LogP contribution in [0.25, 0.3) is 16.8 Å². The summed E-state index contributed by atoms with van der Waals surface area (Å²) in [6, 6.07) is 19.3. The highest BCUT2D eigenvalue weighted by Gasteiger charge is 2.22. The third-order valence-electron chi connectivity index (χ3n) is 5.12. The molecule has 4 rings (SSSR count). The van der Waals surface area contributed by atoms with Crippen molar-refractivity contribution in [3.63, 3.8) is 0 Å². The molecule has 1 fully saturated rings. The van der Waals surface area contributed by atoms with Gasteiger partial charge < -0.3 is 9.88 Å². The van der Waals surface area contributed by atoms with Crippen molar-refractivity contribution in [3.8, 4) is 0 Å². The largest absolute Gasteiger partial charge is 0.335 e. The number of pyridine rings is 1. The van der Waals surface area contributed by atoms with Crippen LogP contribution in [0.1, 0.15) is 16.1 Å². The van der Waals surface area contributed by atoms with E-state index in [9.17, 15) is 9.59 Å². The van der Waals surface area contributed by atoms with E-state index in [0.29, 0.717) is 24.2 Å². The molecule has 0 aliphatic carbocycles. The fourth-order valence-corrected chi connectivity index (χ4v) is 3.53. The fourth-order valence-electron chi connectivity index (χ4n) is 3.53. The lowest BCUT2D eigenvalue weighted by Crippen LogP contribution is -2.48. The molecule has 3 aromatic rings. The first kappa shape index (κ1) is 18.2. The van der Waals surface area contributed by atoms with Gasteiger partial charge in [-0.3, -0.25) is 14.5 Å². The Bertz CT molecular complexity index is 1050. The average molecular weight is 373 g/mol. The molecule has 0 atom stereocenters. The lowest BCUT2D eigenvalue weighted by atomic mass is 10.1. The number of H-pyrrole nitrogens is 1. The predicted molar refractivity (Wildman–Crippen MR) is 112 cm³/mol. The summed E-state index contributed by atoms with van der Waals surface area (Å²) in [5.41, 5.74) is 1.34. The van der Waals surface area contributed by atoms with E-state index >= 15 is 0 Å². The minimum atomic E-state index is -0.217. The summed E-state index contributed by atoms with van der Waals surface area (Å²) >= 11 is 0. The van der Waals surface area contributed by atoms with Gasteiger partial charge in [-0.25, -0.2) is 0 Å². The molecular formula is C23H23N3O2. The number of nitrogens with one attached hydrogen (secondary N) is 1. The minimum Gasteiger partial charge on any atom is -0.335 e. The number of hydrogen-bond donors (Lipinski definition) is 1. The van der Waals surface area contributed by atoms with Crippen molar-refractivity contribution in [1.82, 2.24) is 14.8 Å². The van der Waals surface area contributed by atoms with Gasteiger partial charge >= 0.3 is 0 Å². The molecule has 1 aliphatic heterocycles. The Hall–Kier alpha value is -3.18. The molecule has 5 heteroatoms. The summed E-state index contributed by atoms with van der Waals surface area (Å²) < 4.78 is 0. The van der Waals surface area contributed by atoms with Crippen LogP contribution in [-0.4, -0.2) is 53.4 Å². The summed E-state index contributed by atoms with van der Waals surface area (Å²) in [4.78, 5) is 31.9. The van der Waals surface area contributed by atoms with E-state index in [1.807, 2.05) is 41.3 Å². The van der Waals surface area contributed by atoms with Gasteiger partial charge in [0, 0.05) is 38.1 Å². The Morgan fingerprint density at radius 2 is 1.68 bits per heavy atom. The predicted octanol–water partition coefficient (Wildman–Crippen LogP) is 3.00. The second-order valence-corrected chi connectivity index (χ2v) is 7.01. The summed E-state index contributed by atoms with van der Waals surface area (Å²) in [5.74, 6) is -0.109. The Morgan fingerprint density at radius 1 is 0.964 bits per heavy atom. The van der Waals surface area contributed by atoms with Crippen molar-refractivity contribution in [2.75, 3.05) is 32.7 Å². The smallest absolute Gasteiger partial charge is 0.270 e. The second-order valence-electron chi connectivity index (χ2n) is 7.01. The van der Waals surface area contributed by atoms with Crippen LogP contribution in [0, 0.1) is 0 Å². The van der Waals surface area contributed by atoms with Crippen molar-refractivity contribution in [3.05, 3.63) is 88.4 Å². The quantitative estimate of drug-likeness (QED) is 0.765. The van der Waals surface area contributed by atoms with Crippen LogP contribution in [0.2, 0.25) is 0 Å². The van der Waals surface area contributed by atoms with E-state index in [0.717, 1.165) is 25.0 Å². The SMILES string of the molecule is O=C(c1cc2ccccc2c(=O)[nH]1)N1CCN(C/C=C/c2ccccc2)CC1. The van der Waals surface area contributed by atoms with Crippen molar-refractivity contribution < 1.29 is 4.79 Å². The van der Waals surface area contributed by atoms with E-state index in [1.54, 1.807) is 12.1 Å². The van der Waals surface area contributed by atoms with Gasteiger partial charge in [0.25, 0.3) is 11.5 Å². The zero-order chi connectivity index (χ0) is 19.3. The van der Waals surface area contributed by atoms with Crippen LogP contribution >= 0.6 is 0 Å². The van der Waals surface area contributed by atoms with Crippen LogP contribution in [0.3, 0.4) is 0 Å². The summed E-state index contributed by atoms with van der Waals surface area (Å²) in [6.07, 6.45) is 4.28. The summed E-state index contributed by atoms with van der Waals surface area (Å²) in [6.45, 7) is 3.83. The number of nitrogens with zero attached hydrogens (tertiary/aromatic N) is 2. The van der Waals surface area contributed by atoms with Crippen molar-refractivity contribution in [1.29, 1.82) is 0 Å². The Labute approximate surface area is 163 Å². The van der Waals surface area contributed by atoms with Gasteiger partial charge in [0.05, 0.1) is 0 Å². The van der Waals surface area contributed by atoms with Gasteiger partial charge in [0.2, 0.25) is 0 Å². The van der Waals surface area contributed by atoms with Crippen molar-refractivity contribution in [2.45, 2.75) is 0 Å². The molecule has 1 saturated heterocycles. The van der Waals surface area contributed by atoms with Crippen molar-refractivity contribution in [2.24, 2.45) is 0 Å². The number of aromatic amines is 1. The maximum absolute atomic E-state index is 12.8. The highest BCUT2D eigenvalue weighted by molar-refractivity contribution is 5.96. The first-order valence-electron chi connectivity index (χ1n) is 9.56. The van der Waals surface area contributed by atoms with E-state index in [2.05, 4.69) is 34.2 Å². The normalized spacial score (nSPS) is 15.4. The van der Waals surface area contributed by atoms with Gasteiger partial charge in [-0.2, -0.15) is 0 Å². The van der Waals surface area contributed by atoms with Crippen LogP contribution in [0.4, 0.5) is 0 Å². The molecule has 1 N–H and O–H groups in total. The number of fused-ring (bicyclic) bond motifs is 1. The highest BCUT2D eigenvalue weighted by Crippen LogP contribution is 2.13. The molecular weight excluding hydrogens is 350 g/mol. The summed E-state index contributed by atoms with van der Waals surface area (Å²) in [7, 11) is 0. The van der Waals surface area contributed by atoms with Gasteiger partial charge in [-0.1, -0.05) is 60.7 Å². The van der Waals surface area contributed by atoms with Crippen LogP contribution in [0.15, 0.2) is 71.5 Å². The molecule has 1 aromatic heterocycles. The van der Waals surface area contributed by atoms with Crippen LogP contribution in [0.5, 0.6) is 0 Å². The number of carbonyl (C=O) groups is 1. The van der Waals surface area contributed by atoms with Gasteiger partial charge in [-0.05, 0) is 23.1 Å². The maximum Gasteiger partial charge on any atom is 0.270 e. The first-order chi connectivity index (χ1) is 13.7. The Kier molecular flexibility index (Phi) is 5.35. The molecule has 1 amide bonds. The van der Waals surface area contributed by atoms with E-state index < -0.39 is 0 Å². The van der Waals surface area contributed by atoms with Crippen LogP contribution < -0.4 is 5.56 Å². The fraction of sp³-hybridized carbons (Fsp3) is 0.217. The molecule has 5 nitrogen and oxygen atoms in total. The molecule has 2 heterocycles. The van der Waals surface area contributed by atoms with E-state index in [1.165, 1.54) is 5.56 Å². The number of rotatable bonds is 4. The van der Waals surface area contributed by atoms with E-state index in [4.69, 9.17) is 0 Å². The number of benzene rings is 2. The lowest BCUT2D eigenvalue weighted by Gasteiger charge is -2.34. The molecule has 28 heavy (non-hydrogen) atoms. The number of hydrogen-bond acceptors (Lipinski definition) is 3. The zero-order valence-electron chi connectivity index (χ0n) is 15.7. The standard InChI is InChI=1S/C23H23N3O2/c27-22-20-11-5-4-10-19(20)17-21(24-22)23(28)26-15-13-25(14-16-26)12-6-9-18-7-2-1-3-8-18/h1-11,17H,12-16H2,(H,24,27)/b9-6+. The molecule has 0 unspecified atom stereocenters. The molecule has 0 bridgehead atoms. The van der Waals surface area contributed by atoms with Crippen molar-refractivity contribution >= 4 is 22.8 Å². The average Bonchev–Trinajstić information content (AvgIpc) is 2.74. The third-order valence-corrected chi connectivity index (χ3v) is 5.12. The lowest BCUT2D eigenvalue weighted by molar-refractivity contribution is 0.0644. The number of amides is 1. The number of piperazine rings is 1. The summed E-state index contributed by atoms with van der Waals surface area (Å²) in [5, 5.41) is 1.40. The Morgan fingerprint density at radius 3 is 2.46 bits per heavy atom. The molecule has 2 aromatic carbocycles. The highest BCUT2D eigenvalue weighted by atomic mass is 16.2. The first-order valence-corrected chi connectivity index (χ1v) is 9.56. The molecule has 0 spiro atoms. The van der Waals surface area contributed by atoms with E-state index in [-0.39, 0.29) is 11.5 Å². The molecule has 0 saturated carbocycles. The topological polar surface area (TPSA) is 56.4 Å². The number of aromatic nitrogens is 1. The second kappa shape index (κ2) is 8.23. The molecule has 1 aliphatic rings. The Balaban J connectivity index is 1.36. The monoisotopic (exact) mass is 373 g/mol. The molecule has 142 valence electrons. The van der Waals surface area contributed by atoms with Gasteiger partial charge in [-0.15, -0.1) is 0 Å². The minimum absolute atomic E-state index is 0.109. The molecule has 0 radical (unpaired) electrons. The number of carbonyl (C=O) groups excluding carboxylic acids is 1. The third kappa shape index (κ3) is 4.05. The zero-order valence-corrected chi connectivity index (χ0v) is 15.7.